The molecule has 0 saturated carbocycles. The molecule has 1 unspecified atom stereocenters. The minimum absolute atomic E-state index is 0.788. The van der Waals surface area contributed by atoms with Gasteiger partial charge in [-0.1, -0.05) is 34.6 Å². The van der Waals surface area contributed by atoms with Crippen LogP contribution in [0.4, 0.5) is 0 Å². The Morgan fingerprint density at radius 2 is 1.28 bits per heavy atom. The molecule has 18 heavy (non-hydrogen) atoms. The van der Waals surface area contributed by atoms with Gasteiger partial charge in [-0.05, 0) is 77.8 Å². The summed E-state index contributed by atoms with van der Waals surface area (Å²) in [6, 6.07) is 0. The first-order chi connectivity index (χ1) is 8.69. The average Bonchev–Trinajstić information content (AvgIpc) is 2.77. The van der Waals surface area contributed by atoms with Crippen molar-refractivity contribution >= 4 is 0 Å². The van der Waals surface area contributed by atoms with E-state index in [0.717, 1.165) is 5.92 Å². The lowest BCUT2D eigenvalue weighted by molar-refractivity contribution is 0.739. The molecule has 0 spiro atoms. The molecule has 0 radical (unpaired) electrons. The van der Waals surface area contributed by atoms with E-state index in [2.05, 4.69) is 34.6 Å². The van der Waals surface area contributed by atoms with Gasteiger partial charge in [0.15, 0.2) is 0 Å². The first kappa shape index (κ1) is 13.6. The highest BCUT2D eigenvalue weighted by molar-refractivity contribution is 5.55. The summed E-state index contributed by atoms with van der Waals surface area (Å²) in [5, 5.41) is 0. The summed E-state index contributed by atoms with van der Waals surface area (Å²) in [4.78, 5) is 0. The number of fused-ring (bicyclic) bond motifs is 1. The Morgan fingerprint density at radius 3 is 1.78 bits per heavy atom. The summed E-state index contributed by atoms with van der Waals surface area (Å²) in [5.41, 5.74) is 10.2. The van der Waals surface area contributed by atoms with Crippen molar-refractivity contribution in [1.82, 2.24) is 0 Å². The molecule has 0 aromatic heterocycles. The Bertz CT molecular complexity index is 430. The van der Waals surface area contributed by atoms with E-state index < -0.39 is 0 Å². The fourth-order valence-corrected chi connectivity index (χ4v) is 4.12. The van der Waals surface area contributed by atoms with Crippen molar-refractivity contribution in [3.63, 3.8) is 0 Å². The van der Waals surface area contributed by atoms with Crippen LogP contribution in [0.5, 0.6) is 0 Å². The third-order valence-electron chi connectivity index (χ3n) is 4.84. The Balaban J connectivity index is 2.78. The molecule has 0 aliphatic heterocycles. The molecule has 0 amide bonds. The van der Waals surface area contributed by atoms with E-state index in [-0.39, 0.29) is 0 Å². The number of hydrogen-bond acceptors (Lipinski definition) is 0. The van der Waals surface area contributed by atoms with Crippen molar-refractivity contribution in [2.45, 2.75) is 79.1 Å². The van der Waals surface area contributed by atoms with Gasteiger partial charge in [-0.2, -0.15) is 0 Å². The van der Waals surface area contributed by atoms with Crippen molar-refractivity contribution in [2.24, 2.45) is 0 Å². The Kier molecular flexibility index (Phi) is 4.14. The fourth-order valence-electron chi connectivity index (χ4n) is 4.12. The van der Waals surface area contributed by atoms with E-state index in [9.17, 15) is 0 Å². The molecular formula is C18H28. The summed E-state index contributed by atoms with van der Waals surface area (Å²) in [6.45, 7) is 11.8. The van der Waals surface area contributed by atoms with Crippen LogP contribution in [0, 0.1) is 0 Å². The Labute approximate surface area is 113 Å². The van der Waals surface area contributed by atoms with E-state index in [4.69, 9.17) is 0 Å². The summed E-state index contributed by atoms with van der Waals surface area (Å²) in [6.07, 6.45) is 7.54. The predicted molar refractivity (Wildman–Crippen MR) is 80.7 cm³/mol. The van der Waals surface area contributed by atoms with Gasteiger partial charge in [0.2, 0.25) is 0 Å². The van der Waals surface area contributed by atoms with Crippen molar-refractivity contribution in [3.8, 4) is 0 Å². The third kappa shape index (κ3) is 1.90. The molecule has 1 aliphatic carbocycles. The van der Waals surface area contributed by atoms with Crippen LogP contribution in [0.25, 0.3) is 0 Å². The van der Waals surface area contributed by atoms with Gasteiger partial charge in [-0.15, -0.1) is 0 Å². The zero-order chi connectivity index (χ0) is 13.3. The molecule has 0 bridgehead atoms. The van der Waals surface area contributed by atoms with Crippen LogP contribution in [0.2, 0.25) is 0 Å². The Morgan fingerprint density at radius 1 is 0.778 bits per heavy atom. The molecule has 0 N–H and O–H groups in total. The van der Waals surface area contributed by atoms with Gasteiger partial charge in [0, 0.05) is 0 Å². The second-order valence-electron chi connectivity index (χ2n) is 5.66. The van der Waals surface area contributed by atoms with Crippen LogP contribution in [-0.2, 0) is 32.1 Å². The van der Waals surface area contributed by atoms with E-state index >= 15 is 0 Å². The smallest absolute Gasteiger partial charge is 0.0182 e. The van der Waals surface area contributed by atoms with Crippen molar-refractivity contribution < 1.29 is 0 Å². The van der Waals surface area contributed by atoms with E-state index in [1.807, 2.05) is 0 Å². The maximum Gasteiger partial charge on any atom is -0.0182 e. The molecule has 0 heteroatoms. The van der Waals surface area contributed by atoms with Gasteiger partial charge in [0.25, 0.3) is 0 Å². The van der Waals surface area contributed by atoms with Gasteiger partial charge in [0.05, 0.1) is 0 Å². The summed E-state index contributed by atoms with van der Waals surface area (Å²) in [7, 11) is 0. The summed E-state index contributed by atoms with van der Waals surface area (Å²) in [5.74, 6) is 0.788. The normalized spacial score (nSPS) is 18.2. The predicted octanol–water partition coefficient (Wildman–Crippen LogP) is 4.99. The minimum Gasteiger partial charge on any atom is -0.0613 e. The number of benzene rings is 1. The summed E-state index contributed by atoms with van der Waals surface area (Å²) >= 11 is 0. The molecule has 1 atom stereocenters. The van der Waals surface area contributed by atoms with Crippen LogP contribution in [-0.4, -0.2) is 0 Å². The molecule has 1 aromatic carbocycles. The zero-order valence-corrected chi connectivity index (χ0v) is 12.8. The number of hydrogen-bond donors (Lipinski definition) is 0. The lowest BCUT2D eigenvalue weighted by Crippen LogP contribution is -2.09. The lowest BCUT2D eigenvalue weighted by Gasteiger charge is -2.23. The molecule has 1 aromatic rings. The fraction of sp³-hybridized carbons (Fsp3) is 0.667. The SMILES string of the molecule is CCc1c(CC)c(CC)c2c(c1CC)CCC2C. The van der Waals surface area contributed by atoms with E-state index in [1.54, 1.807) is 33.4 Å². The van der Waals surface area contributed by atoms with Crippen molar-refractivity contribution in [2.75, 3.05) is 0 Å². The maximum atomic E-state index is 2.43. The molecule has 2 rings (SSSR count). The molecule has 0 heterocycles. The second kappa shape index (κ2) is 5.47. The monoisotopic (exact) mass is 244 g/mol. The zero-order valence-electron chi connectivity index (χ0n) is 12.8. The topological polar surface area (TPSA) is 0 Å². The Hall–Kier alpha value is -0.780. The van der Waals surface area contributed by atoms with Crippen molar-refractivity contribution in [1.29, 1.82) is 0 Å². The summed E-state index contributed by atoms with van der Waals surface area (Å²) < 4.78 is 0. The van der Waals surface area contributed by atoms with Crippen LogP contribution in [0.3, 0.4) is 0 Å². The van der Waals surface area contributed by atoms with Crippen LogP contribution >= 0.6 is 0 Å². The standard InChI is InChI=1S/C18H28/c1-6-13-14(7-2)16(9-4)18-12(5)10-11-17(18)15(13)8-3/h12H,6-11H2,1-5H3. The highest BCUT2D eigenvalue weighted by Crippen LogP contribution is 2.41. The highest BCUT2D eigenvalue weighted by Gasteiger charge is 2.27. The number of rotatable bonds is 4. The lowest BCUT2D eigenvalue weighted by atomic mass is 9.82. The molecule has 0 fully saturated rings. The molecular weight excluding hydrogens is 216 g/mol. The highest BCUT2D eigenvalue weighted by atomic mass is 14.3. The van der Waals surface area contributed by atoms with E-state index in [0.29, 0.717) is 0 Å². The van der Waals surface area contributed by atoms with Crippen LogP contribution < -0.4 is 0 Å². The maximum absolute atomic E-state index is 2.43. The van der Waals surface area contributed by atoms with Gasteiger partial charge >= 0.3 is 0 Å². The molecule has 0 saturated heterocycles. The third-order valence-corrected chi connectivity index (χ3v) is 4.84. The largest absolute Gasteiger partial charge is 0.0613 e. The van der Waals surface area contributed by atoms with Crippen molar-refractivity contribution in [3.05, 3.63) is 33.4 Å². The quantitative estimate of drug-likeness (QED) is 0.700. The second-order valence-corrected chi connectivity index (χ2v) is 5.66. The first-order valence-corrected chi connectivity index (χ1v) is 7.87. The van der Waals surface area contributed by atoms with Gasteiger partial charge in [0.1, 0.15) is 0 Å². The molecule has 0 nitrogen and oxygen atoms in total. The minimum atomic E-state index is 0.788. The van der Waals surface area contributed by atoms with Gasteiger partial charge in [-0.25, -0.2) is 0 Å². The van der Waals surface area contributed by atoms with E-state index in [1.165, 1.54) is 38.5 Å². The first-order valence-electron chi connectivity index (χ1n) is 7.87. The average molecular weight is 244 g/mol. The molecule has 1 aliphatic rings. The van der Waals surface area contributed by atoms with Gasteiger partial charge in [-0.3, -0.25) is 0 Å². The molecule has 100 valence electrons. The van der Waals surface area contributed by atoms with Crippen LogP contribution in [0.15, 0.2) is 0 Å². The van der Waals surface area contributed by atoms with Gasteiger partial charge < -0.3 is 0 Å². The van der Waals surface area contributed by atoms with Crippen LogP contribution in [0.1, 0.15) is 80.3 Å².